The van der Waals surface area contributed by atoms with Crippen LogP contribution < -0.4 is 0 Å². The number of benzene rings is 1. The zero-order valence-electron chi connectivity index (χ0n) is 10.4. The van der Waals surface area contributed by atoms with Gasteiger partial charge in [0.25, 0.3) is 0 Å². The van der Waals surface area contributed by atoms with E-state index in [1.54, 1.807) is 0 Å². The maximum atomic E-state index is 6.12. The van der Waals surface area contributed by atoms with Crippen LogP contribution >= 0.6 is 46.6 Å². The molecule has 1 fully saturated rings. The molecule has 0 unspecified atom stereocenters. The molecule has 1 aliphatic rings. The predicted molar refractivity (Wildman–Crippen MR) is 84.8 cm³/mol. The predicted octanol–water partition coefficient (Wildman–Crippen LogP) is 4.98. The normalized spacial score (nSPS) is 17.1. The lowest BCUT2D eigenvalue weighted by atomic mass is 10.3. The highest BCUT2D eigenvalue weighted by molar-refractivity contribution is 8.00. The van der Waals surface area contributed by atoms with Crippen molar-refractivity contribution < 1.29 is 0 Å². The van der Waals surface area contributed by atoms with Crippen molar-refractivity contribution in [3.8, 4) is 0 Å². The van der Waals surface area contributed by atoms with Crippen molar-refractivity contribution in [1.82, 2.24) is 9.55 Å². The Labute approximate surface area is 131 Å². The number of imidazole rings is 1. The van der Waals surface area contributed by atoms with Crippen LogP contribution in [0.25, 0.3) is 11.0 Å². The zero-order chi connectivity index (χ0) is 13.6. The molecule has 0 radical (unpaired) electrons. The first-order chi connectivity index (χ1) is 9.08. The van der Waals surface area contributed by atoms with Crippen LogP contribution in [0.1, 0.15) is 18.7 Å². The molecule has 19 heavy (non-hydrogen) atoms. The van der Waals surface area contributed by atoms with Gasteiger partial charge in [-0.05, 0) is 31.2 Å². The monoisotopic (exact) mass is 334 g/mol. The van der Waals surface area contributed by atoms with Crippen LogP contribution in [0.3, 0.4) is 0 Å². The molecule has 0 N–H and O–H groups in total. The number of alkyl halides is 1. The lowest BCUT2D eigenvalue weighted by molar-refractivity contribution is 0.655. The molecule has 102 valence electrons. The second kappa shape index (κ2) is 5.03. The lowest BCUT2D eigenvalue weighted by Gasteiger charge is -2.15. The van der Waals surface area contributed by atoms with Gasteiger partial charge in [0.05, 0.1) is 27.0 Å². The molecule has 1 aliphatic carbocycles. The number of hydrogen-bond donors (Lipinski definition) is 0. The summed E-state index contributed by atoms with van der Waals surface area (Å²) in [6.07, 6.45) is 4.66. The minimum atomic E-state index is 0.348. The fraction of sp³-hybridized carbons (Fsp3) is 0.462. The molecule has 0 bridgehead atoms. The fourth-order valence-electron chi connectivity index (χ4n) is 2.30. The molecule has 1 aromatic carbocycles. The molecule has 1 aromatic heterocycles. The summed E-state index contributed by atoms with van der Waals surface area (Å²) in [5.41, 5.74) is 1.88. The minimum Gasteiger partial charge on any atom is -0.326 e. The van der Waals surface area contributed by atoms with E-state index in [0.717, 1.165) is 23.4 Å². The van der Waals surface area contributed by atoms with E-state index >= 15 is 0 Å². The summed E-state index contributed by atoms with van der Waals surface area (Å²) in [5, 5.41) is 1.09. The molecule has 0 spiro atoms. The molecule has 0 saturated heterocycles. The van der Waals surface area contributed by atoms with E-state index in [-0.39, 0.29) is 0 Å². The summed E-state index contributed by atoms with van der Waals surface area (Å²) in [6, 6.07) is 3.70. The van der Waals surface area contributed by atoms with E-state index in [9.17, 15) is 0 Å². The Balaban J connectivity index is 2.12. The molecule has 3 rings (SSSR count). The third-order valence-electron chi connectivity index (χ3n) is 3.68. The van der Waals surface area contributed by atoms with Gasteiger partial charge in [0, 0.05) is 11.3 Å². The maximum Gasteiger partial charge on any atom is 0.124 e. The molecule has 1 saturated carbocycles. The lowest BCUT2D eigenvalue weighted by Crippen LogP contribution is -2.15. The van der Waals surface area contributed by atoms with Gasteiger partial charge >= 0.3 is 0 Å². The van der Waals surface area contributed by atoms with Crippen LogP contribution in [-0.4, -0.2) is 20.6 Å². The van der Waals surface area contributed by atoms with Crippen LogP contribution in [0.2, 0.25) is 10.0 Å². The van der Waals surface area contributed by atoms with E-state index in [0.29, 0.717) is 20.7 Å². The minimum absolute atomic E-state index is 0.348. The summed E-state index contributed by atoms with van der Waals surface area (Å²) in [4.78, 5) is 4.56. The van der Waals surface area contributed by atoms with Crippen molar-refractivity contribution in [2.24, 2.45) is 0 Å². The summed E-state index contributed by atoms with van der Waals surface area (Å²) in [5.74, 6) is 1.28. The Morgan fingerprint density at radius 1 is 1.32 bits per heavy atom. The summed E-state index contributed by atoms with van der Waals surface area (Å²) in [7, 11) is 0. The maximum absolute atomic E-state index is 6.12. The molecular weight excluding hydrogens is 323 g/mol. The van der Waals surface area contributed by atoms with E-state index in [4.69, 9.17) is 34.8 Å². The first kappa shape index (κ1) is 13.9. The van der Waals surface area contributed by atoms with Crippen molar-refractivity contribution in [2.45, 2.75) is 30.0 Å². The Kier molecular flexibility index (Phi) is 3.67. The molecule has 0 aliphatic heterocycles. The van der Waals surface area contributed by atoms with Gasteiger partial charge in [-0.2, -0.15) is 11.8 Å². The van der Waals surface area contributed by atoms with Gasteiger partial charge in [-0.25, -0.2) is 4.98 Å². The highest BCUT2D eigenvalue weighted by Crippen LogP contribution is 2.49. The van der Waals surface area contributed by atoms with Gasteiger partial charge in [-0.3, -0.25) is 0 Å². The first-order valence-electron chi connectivity index (χ1n) is 6.04. The molecule has 2 aromatic rings. The van der Waals surface area contributed by atoms with Crippen LogP contribution in [-0.2, 0) is 12.4 Å². The molecular formula is C13H13Cl3N2S. The van der Waals surface area contributed by atoms with Gasteiger partial charge in [-0.15, -0.1) is 11.6 Å². The number of hydrogen-bond acceptors (Lipinski definition) is 2. The summed E-state index contributed by atoms with van der Waals surface area (Å²) >= 11 is 20.1. The Morgan fingerprint density at radius 3 is 2.58 bits per heavy atom. The Morgan fingerprint density at radius 2 is 2.00 bits per heavy atom. The van der Waals surface area contributed by atoms with E-state index < -0.39 is 0 Å². The highest BCUT2D eigenvalue weighted by atomic mass is 35.5. The summed E-state index contributed by atoms with van der Waals surface area (Å²) in [6.45, 7) is 0.935. The van der Waals surface area contributed by atoms with Crippen molar-refractivity contribution in [2.75, 3.05) is 6.26 Å². The first-order valence-corrected chi connectivity index (χ1v) is 8.55. The number of rotatable bonds is 4. The van der Waals surface area contributed by atoms with Crippen LogP contribution in [0.4, 0.5) is 0 Å². The molecule has 1 heterocycles. The second-order valence-electron chi connectivity index (χ2n) is 4.89. The average molecular weight is 336 g/mol. The van der Waals surface area contributed by atoms with E-state index in [2.05, 4.69) is 15.8 Å². The van der Waals surface area contributed by atoms with Gasteiger partial charge < -0.3 is 4.57 Å². The number of nitrogens with zero attached hydrogens (tertiary/aromatic N) is 2. The van der Waals surface area contributed by atoms with Gasteiger partial charge in [0.1, 0.15) is 5.82 Å². The topological polar surface area (TPSA) is 17.8 Å². The van der Waals surface area contributed by atoms with Gasteiger partial charge in [-0.1, -0.05) is 23.2 Å². The second-order valence-corrected chi connectivity index (χ2v) is 7.25. The number of thioether (sulfide) groups is 1. The SMILES string of the molecule is CSC1(Cn2c(CCl)nc3cc(Cl)c(Cl)cc32)CC1. The van der Waals surface area contributed by atoms with Crippen LogP contribution in [0, 0.1) is 0 Å². The smallest absolute Gasteiger partial charge is 0.124 e. The number of aromatic nitrogens is 2. The zero-order valence-corrected chi connectivity index (χ0v) is 13.5. The molecule has 6 heteroatoms. The number of halogens is 3. The quantitative estimate of drug-likeness (QED) is 0.734. The van der Waals surface area contributed by atoms with Gasteiger partial charge in [0.2, 0.25) is 0 Å². The van der Waals surface area contributed by atoms with Crippen molar-refractivity contribution in [1.29, 1.82) is 0 Å². The molecule has 0 atom stereocenters. The molecule has 0 amide bonds. The standard InChI is InChI=1S/C13H13Cl3N2S/c1-19-13(2-3-13)7-18-11-5-9(16)8(15)4-10(11)17-12(18)6-14/h4-5H,2-3,6-7H2,1H3. The summed E-state index contributed by atoms with van der Waals surface area (Å²) < 4.78 is 2.54. The van der Waals surface area contributed by atoms with Gasteiger partial charge in [0.15, 0.2) is 0 Å². The Hall–Kier alpha value is -0.0900. The molecule has 2 nitrogen and oxygen atoms in total. The average Bonchev–Trinajstić information content (AvgIpc) is 3.10. The van der Waals surface area contributed by atoms with E-state index in [1.165, 1.54) is 12.8 Å². The third kappa shape index (κ3) is 2.46. The van der Waals surface area contributed by atoms with Crippen LogP contribution in [0.15, 0.2) is 12.1 Å². The fourth-order valence-corrected chi connectivity index (χ4v) is 3.59. The Bertz CT molecular complexity index is 634. The van der Waals surface area contributed by atoms with Crippen molar-refractivity contribution >= 4 is 57.6 Å². The van der Waals surface area contributed by atoms with Crippen molar-refractivity contribution in [3.63, 3.8) is 0 Å². The van der Waals surface area contributed by atoms with Crippen LogP contribution in [0.5, 0.6) is 0 Å². The van der Waals surface area contributed by atoms with E-state index in [1.807, 2.05) is 23.9 Å². The third-order valence-corrected chi connectivity index (χ3v) is 6.04. The largest absolute Gasteiger partial charge is 0.326 e. The van der Waals surface area contributed by atoms with Crippen molar-refractivity contribution in [3.05, 3.63) is 28.0 Å². The highest BCUT2D eigenvalue weighted by Gasteiger charge is 2.42. The number of fused-ring (bicyclic) bond motifs is 1.